The molecule has 0 saturated carbocycles. The van der Waals surface area contributed by atoms with Gasteiger partial charge in [0.15, 0.2) is 0 Å². The molecule has 0 spiro atoms. The van der Waals surface area contributed by atoms with Crippen molar-refractivity contribution in [3.05, 3.63) is 0 Å². The van der Waals surface area contributed by atoms with Crippen LogP contribution in [-0.2, 0) is 9.53 Å². The van der Waals surface area contributed by atoms with E-state index >= 15 is 0 Å². The first-order valence-corrected chi connectivity index (χ1v) is 6.04. The lowest BCUT2D eigenvalue weighted by Crippen LogP contribution is -2.46. The third kappa shape index (κ3) is 3.43. The Labute approximate surface area is 96.5 Å². The smallest absolute Gasteiger partial charge is 0.220 e. The van der Waals surface area contributed by atoms with E-state index in [0.29, 0.717) is 12.5 Å². The topological polar surface area (TPSA) is 53.6 Å². The number of likely N-dealkylation sites (N-methyl/N-ethyl adjacent to an activating group) is 1. The molecule has 92 valence electrons. The van der Waals surface area contributed by atoms with E-state index in [1.165, 1.54) is 0 Å². The molecule has 0 radical (unpaired) electrons. The number of carbonyl (C=O) groups excluding carboxylic acids is 1. The second kappa shape index (κ2) is 5.61. The van der Waals surface area contributed by atoms with E-state index in [9.17, 15) is 4.79 Å². The van der Waals surface area contributed by atoms with E-state index < -0.39 is 0 Å². The normalized spacial score (nSPS) is 30.8. The summed E-state index contributed by atoms with van der Waals surface area (Å²) in [7, 11) is 2.09. The Balaban J connectivity index is 1.67. The van der Waals surface area contributed by atoms with Crippen LogP contribution in [0.25, 0.3) is 0 Å². The molecule has 0 aromatic heterocycles. The SMILES string of the molecule is CN(CC1CCC(=O)N1)CC1CNCCO1. The fraction of sp³-hybridized carbons (Fsp3) is 0.909. The summed E-state index contributed by atoms with van der Waals surface area (Å²) in [5, 5.41) is 6.30. The Bertz CT molecular complexity index is 241. The minimum atomic E-state index is 0.189. The summed E-state index contributed by atoms with van der Waals surface area (Å²) in [6, 6.07) is 0.328. The molecule has 16 heavy (non-hydrogen) atoms. The molecule has 0 aromatic rings. The van der Waals surface area contributed by atoms with Crippen molar-refractivity contribution < 1.29 is 9.53 Å². The van der Waals surface area contributed by atoms with Gasteiger partial charge in [-0.1, -0.05) is 0 Å². The third-order valence-corrected chi connectivity index (χ3v) is 3.14. The van der Waals surface area contributed by atoms with Crippen molar-refractivity contribution in [3.8, 4) is 0 Å². The molecule has 2 heterocycles. The van der Waals surface area contributed by atoms with E-state index in [1.807, 2.05) is 0 Å². The molecule has 0 bridgehead atoms. The summed E-state index contributed by atoms with van der Waals surface area (Å²) < 4.78 is 5.64. The number of nitrogens with zero attached hydrogens (tertiary/aromatic N) is 1. The van der Waals surface area contributed by atoms with Crippen LogP contribution in [0.5, 0.6) is 0 Å². The molecule has 5 nitrogen and oxygen atoms in total. The Hall–Kier alpha value is -0.650. The molecule has 0 aliphatic carbocycles. The average Bonchev–Trinajstić information content (AvgIpc) is 2.65. The summed E-state index contributed by atoms with van der Waals surface area (Å²) in [4.78, 5) is 13.3. The largest absolute Gasteiger partial charge is 0.374 e. The lowest BCUT2D eigenvalue weighted by Gasteiger charge is -2.29. The maximum atomic E-state index is 11.1. The average molecular weight is 227 g/mol. The summed E-state index contributed by atoms with van der Waals surface area (Å²) in [5.74, 6) is 0.189. The zero-order valence-corrected chi connectivity index (χ0v) is 9.87. The van der Waals surface area contributed by atoms with Crippen LogP contribution in [0.2, 0.25) is 0 Å². The van der Waals surface area contributed by atoms with Crippen molar-refractivity contribution in [2.75, 3.05) is 39.8 Å². The second-order valence-corrected chi connectivity index (χ2v) is 4.72. The first-order chi connectivity index (χ1) is 7.74. The van der Waals surface area contributed by atoms with Crippen molar-refractivity contribution in [2.45, 2.75) is 25.0 Å². The molecule has 2 atom stereocenters. The van der Waals surface area contributed by atoms with Crippen LogP contribution in [0.4, 0.5) is 0 Å². The predicted molar refractivity (Wildman–Crippen MR) is 61.3 cm³/mol. The first-order valence-electron chi connectivity index (χ1n) is 6.04. The lowest BCUT2D eigenvalue weighted by atomic mass is 10.2. The van der Waals surface area contributed by atoms with Crippen molar-refractivity contribution in [1.29, 1.82) is 0 Å². The van der Waals surface area contributed by atoms with Gasteiger partial charge in [0.05, 0.1) is 12.7 Å². The fourth-order valence-electron chi connectivity index (χ4n) is 2.35. The molecule has 2 rings (SSSR count). The molecule has 2 aliphatic rings. The Kier molecular flexibility index (Phi) is 4.15. The highest BCUT2D eigenvalue weighted by molar-refractivity contribution is 5.78. The summed E-state index contributed by atoms with van der Waals surface area (Å²) in [6.07, 6.45) is 1.93. The van der Waals surface area contributed by atoms with Gasteiger partial charge in [-0.05, 0) is 13.5 Å². The molecule has 2 fully saturated rings. The maximum absolute atomic E-state index is 11.1. The molecule has 0 aromatic carbocycles. The molecule has 5 heteroatoms. The number of rotatable bonds is 4. The highest BCUT2D eigenvalue weighted by atomic mass is 16.5. The highest BCUT2D eigenvalue weighted by Crippen LogP contribution is 2.08. The zero-order chi connectivity index (χ0) is 11.4. The summed E-state index contributed by atoms with van der Waals surface area (Å²) >= 11 is 0. The second-order valence-electron chi connectivity index (χ2n) is 4.72. The van der Waals surface area contributed by atoms with E-state index in [4.69, 9.17) is 4.74 Å². The van der Waals surface area contributed by atoms with Crippen molar-refractivity contribution in [3.63, 3.8) is 0 Å². The number of amides is 1. The van der Waals surface area contributed by atoms with Gasteiger partial charge in [-0.25, -0.2) is 0 Å². The van der Waals surface area contributed by atoms with Gasteiger partial charge in [-0.15, -0.1) is 0 Å². The first kappa shape index (κ1) is 11.8. The summed E-state index contributed by atoms with van der Waals surface area (Å²) in [5.41, 5.74) is 0. The third-order valence-electron chi connectivity index (χ3n) is 3.14. The van der Waals surface area contributed by atoms with Crippen LogP contribution in [0.1, 0.15) is 12.8 Å². The van der Waals surface area contributed by atoms with E-state index in [2.05, 4.69) is 22.6 Å². The van der Waals surface area contributed by atoms with Gasteiger partial charge < -0.3 is 20.3 Å². The Morgan fingerprint density at radius 3 is 3.00 bits per heavy atom. The molecule has 2 unspecified atom stereocenters. The number of hydrogen-bond donors (Lipinski definition) is 2. The molecule has 1 amide bonds. The van der Waals surface area contributed by atoms with Crippen LogP contribution in [0, 0.1) is 0 Å². The van der Waals surface area contributed by atoms with Gasteiger partial charge in [0.25, 0.3) is 0 Å². The van der Waals surface area contributed by atoms with Gasteiger partial charge in [-0.3, -0.25) is 4.79 Å². The standard InChI is InChI=1S/C11H21N3O2/c1-14(7-9-2-3-11(15)13-9)8-10-6-12-4-5-16-10/h9-10,12H,2-8H2,1H3,(H,13,15). The molecule has 2 aliphatic heterocycles. The number of hydrogen-bond acceptors (Lipinski definition) is 4. The van der Waals surface area contributed by atoms with Crippen molar-refractivity contribution in [1.82, 2.24) is 15.5 Å². The zero-order valence-electron chi connectivity index (χ0n) is 9.87. The molecular formula is C11H21N3O2. The number of ether oxygens (including phenoxy) is 1. The van der Waals surface area contributed by atoms with Gasteiger partial charge in [0.2, 0.25) is 5.91 Å². The minimum absolute atomic E-state index is 0.189. The Morgan fingerprint density at radius 1 is 1.50 bits per heavy atom. The van der Waals surface area contributed by atoms with Crippen LogP contribution >= 0.6 is 0 Å². The predicted octanol–water partition coefficient (Wildman–Crippen LogP) is -0.815. The Morgan fingerprint density at radius 2 is 2.38 bits per heavy atom. The van der Waals surface area contributed by atoms with E-state index in [0.717, 1.165) is 39.2 Å². The minimum Gasteiger partial charge on any atom is -0.374 e. The maximum Gasteiger partial charge on any atom is 0.220 e. The fourth-order valence-corrected chi connectivity index (χ4v) is 2.35. The number of nitrogens with one attached hydrogen (secondary N) is 2. The number of carbonyl (C=O) groups is 1. The monoisotopic (exact) mass is 227 g/mol. The van der Waals surface area contributed by atoms with E-state index in [1.54, 1.807) is 0 Å². The van der Waals surface area contributed by atoms with Crippen LogP contribution in [0.3, 0.4) is 0 Å². The highest BCUT2D eigenvalue weighted by Gasteiger charge is 2.23. The molecular weight excluding hydrogens is 206 g/mol. The van der Waals surface area contributed by atoms with Gasteiger partial charge in [0.1, 0.15) is 0 Å². The van der Waals surface area contributed by atoms with Gasteiger partial charge in [0, 0.05) is 38.6 Å². The lowest BCUT2D eigenvalue weighted by molar-refractivity contribution is -0.119. The van der Waals surface area contributed by atoms with Crippen molar-refractivity contribution in [2.24, 2.45) is 0 Å². The summed E-state index contributed by atoms with van der Waals surface area (Å²) in [6.45, 7) is 4.55. The number of morpholine rings is 1. The van der Waals surface area contributed by atoms with Crippen LogP contribution < -0.4 is 10.6 Å². The van der Waals surface area contributed by atoms with E-state index in [-0.39, 0.29) is 12.0 Å². The van der Waals surface area contributed by atoms with Gasteiger partial charge in [-0.2, -0.15) is 0 Å². The quantitative estimate of drug-likeness (QED) is 0.659. The van der Waals surface area contributed by atoms with Crippen molar-refractivity contribution >= 4 is 5.91 Å². The molecule has 2 N–H and O–H groups in total. The molecule has 2 saturated heterocycles. The van der Waals surface area contributed by atoms with Crippen LogP contribution in [0.15, 0.2) is 0 Å². The van der Waals surface area contributed by atoms with Gasteiger partial charge >= 0.3 is 0 Å². The van der Waals surface area contributed by atoms with Crippen LogP contribution in [-0.4, -0.2) is 62.8 Å².